The van der Waals surface area contributed by atoms with Crippen LogP contribution in [0.5, 0.6) is 0 Å². The van der Waals surface area contributed by atoms with Gasteiger partial charge in [0, 0.05) is 37.1 Å². The predicted molar refractivity (Wildman–Crippen MR) is 83.3 cm³/mol. The van der Waals surface area contributed by atoms with E-state index in [-0.39, 0.29) is 17.7 Å². The molecule has 130 valence electrons. The van der Waals surface area contributed by atoms with E-state index in [4.69, 9.17) is 0 Å². The summed E-state index contributed by atoms with van der Waals surface area (Å²) in [7, 11) is 1.65. The molecule has 0 bridgehead atoms. The van der Waals surface area contributed by atoms with Gasteiger partial charge in [-0.1, -0.05) is 0 Å². The number of piperidine rings is 1. The summed E-state index contributed by atoms with van der Waals surface area (Å²) in [5, 5.41) is 10.4. The van der Waals surface area contributed by atoms with Crippen LogP contribution in [0.3, 0.4) is 0 Å². The first-order valence-corrected chi connectivity index (χ1v) is 7.76. The Balaban J connectivity index is 1.92. The van der Waals surface area contributed by atoms with Crippen LogP contribution < -0.4 is 10.6 Å². The summed E-state index contributed by atoms with van der Waals surface area (Å²) in [6.45, 7) is 2.93. The molecule has 1 fully saturated rings. The SMILES string of the molecule is CC1CC(Nc2ncc(C(F)(F)F)c(-c3cnn(C)c3)n2)CCN1. The van der Waals surface area contributed by atoms with Gasteiger partial charge in [-0.25, -0.2) is 9.97 Å². The molecule has 0 radical (unpaired) electrons. The quantitative estimate of drug-likeness (QED) is 0.898. The zero-order valence-electron chi connectivity index (χ0n) is 13.4. The zero-order chi connectivity index (χ0) is 17.3. The third-order valence-electron chi connectivity index (χ3n) is 4.03. The van der Waals surface area contributed by atoms with E-state index in [2.05, 4.69) is 32.6 Å². The summed E-state index contributed by atoms with van der Waals surface area (Å²) >= 11 is 0. The van der Waals surface area contributed by atoms with Crippen molar-refractivity contribution in [2.24, 2.45) is 7.05 Å². The molecule has 1 aliphatic rings. The molecule has 2 atom stereocenters. The molecule has 3 rings (SSSR count). The smallest absolute Gasteiger partial charge is 0.351 e. The first kappa shape index (κ1) is 16.7. The molecule has 2 unspecified atom stereocenters. The molecule has 2 N–H and O–H groups in total. The highest BCUT2D eigenvalue weighted by molar-refractivity contribution is 5.63. The molecule has 24 heavy (non-hydrogen) atoms. The van der Waals surface area contributed by atoms with Crippen LogP contribution in [0.25, 0.3) is 11.3 Å². The van der Waals surface area contributed by atoms with E-state index in [9.17, 15) is 13.2 Å². The van der Waals surface area contributed by atoms with Crippen molar-refractivity contribution in [3.8, 4) is 11.3 Å². The number of nitrogens with zero attached hydrogens (tertiary/aromatic N) is 4. The van der Waals surface area contributed by atoms with Gasteiger partial charge < -0.3 is 10.6 Å². The van der Waals surface area contributed by atoms with Crippen molar-refractivity contribution in [3.05, 3.63) is 24.2 Å². The average Bonchev–Trinajstić information content (AvgIpc) is 2.92. The molecule has 1 saturated heterocycles. The van der Waals surface area contributed by atoms with Crippen LogP contribution in [0.2, 0.25) is 0 Å². The van der Waals surface area contributed by atoms with Crippen LogP contribution in [0.4, 0.5) is 19.1 Å². The van der Waals surface area contributed by atoms with E-state index in [1.807, 2.05) is 0 Å². The molecule has 2 aromatic heterocycles. The van der Waals surface area contributed by atoms with E-state index in [1.165, 1.54) is 17.1 Å². The van der Waals surface area contributed by atoms with Gasteiger partial charge in [0.2, 0.25) is 5.95 Å². The van der Waals surface area contributed by atoms with E-state index < -0.39 is 11.7 Å². The molecule has 1 aliphatic heterocycles. The molecule has 0 amide bonds. The Kier molecular flexibility index (Phi) is 4.44. The van der Waals surface area contributed by atoms with Crippen LogP contribution in [-0.4, -0.2) is 38.4 Å². The minimum atomic E-state index is -4.52. The van der Waals surface area contributed by atoms with Gasteiger partial charge in [0.25, 0.3) is 0 Å². The van der Waals surface area contributed by atoms with Gasteiger partial charge in [-0.05, 0) is 26.3 Å². The summed E-state index contributed by atoms with van der Waals surface area (Å²) in [4.78, 5) is 7.99. The van der Waals surface area contributed by atoms with Crippen molar-refractivity contribution in [2.75, 3.05) is 11.9 Å². The molecule has 2 aromatic rings. The average molecular weight is 340 g/mol. The van der Waals surface area contributed by atoms with E-state index in [0.29, 0.717) is 11.6 Å². The summed E-state index contributed by atoms with van der Waals surface area (Å²) in [5.74, 6) is 0.209. The first-order valence-electron chi connectivity index (χ1n) is 7.76. The lowest BCUT2D eigenvalue weighted by Gasteiger charge is -2.28. The van der Waals surface area contributed by atoms with Crippen molar-refractivity contribution >= 4 is 5.95 Å². The maximum absolute atomic E-state index is 13.2. The molecule has 0 saturated carbocycles. The Labute approximate surface area is 137 Å². The third kappa shape index (κ3) is 3.66. The Morgan fingerprint density at radius 2 is 2.12 bits per heavy atom. The van der Waals surface area contributed by atoms with Gasteiger partial charge in [0.15, 0.2) is 0 Å². The topological polar surface area (TPSA) is 67.7 Å². The number of rotatable bonds is 3. The molecule has 6 nitrogen and oxygen atoms in total. The fourth-order valence-corrected chi connectivity index (χ4v) is 2.87. The fourth-order valence-electron chi connectivity index (χ4n) is 2.87. The van der Waals surface area contributed by atoms with E-state index in [0.717, 1.165) is 25.6 Å². The highest BCUT2D eigenvalue weighted by atomic mass is 19.4. The maximum atomic E-state index is 13.2. The number of hydrogen-bond donors (Lipinski definition) is 2. The second-order valence-electron chi connectivity index (χ2n) is 6.08. The van der Waals surface area contributed by atoms with Crippen molar-refractivity contribution < 1.29 is 13.2 Å². The maximum Gasteiger partial charge on any atom is 0.419 e. The molecule has 0 aromatic carbocycles. The minimum absolute atomic E-state index is 0.139. The summed E-state index contributed by atoms with van der Waals surface area (Å²) in [6.07, 6.45) is 0.931. The molecular formula is C15H19F3N6. The van der Waals surface area contributed by atoms with Crippen LogP contribution in [-0.2, 0) is 13.2 Å². The number of alkyl halides is 3. The fraction of sp³-hybridized carbons (Fsp3) is 0.533. The monoisotopic (exact) mass is 340 g/mol. The standard InChI is InChI=1S/C15H19F3N6/c1-9-5-11(3-4-19-9)22-14-20-7-12(15(16,17)18)13(23-14)10-6-21-24(2)8-10/h6-9,11,19H,3-5H2,1-2H3,(H,20,22,23). The Bertz CT molecular complexity index is 711. The normalized spacial score (nSPS) is 21.7. The van der Waals surface area contributed by atoms with Gasteiger partial charge in [0.1, 0.15) is 5.56 Å². The number of aromatic nitrogens is 4. The minimum Gasteiger partial charge on any atom is -0.351 e. The van der Waals surface area contributed by atoms with E-state index >= 15 is 0 Å². The van der Waals surface area contributed by atoms with Crippen LogP contribution in [0.1, 0.15) is 25.3 Å². The zero-order valence-corrected chi connectivity index (χ0v) is 13.4. The number of aryl methyl sites for hydroxylation is 1. The van der Waals surface area contributed by atoms with Crippen LogP contribution in [0.15, 0.2) is 18.6 Å². The molecular weight excluding hydrogens is 321 g/mol. The lowest BCUT2D eigenvalue weighted by atomic mass is 10.0. The molecule has 3 heterocycles. The lowest BCUT2D eigenvalue weighted by Crippen LogP contribution is -2.41. The molecule has 9 heteroatoms. The van der Waals surface area contributed by atoms with Crippen molar-refractivity contribution in [3.63, 3.8) is 0 Å². The van der Waals surface area contributed by atoms with Crippen molar-refractivity contribution in [2.45, 2.75) is 38.0 Å². The Hall–Kier alpha value is -2.16. The highest BCUT2D eigenvalue weighted by Gasteiger charge is 2.36. The van der Waals surface area contributed by atoms with Crippen LogP contribution in [0, 0.1) is 0 Å². The van der Waals surface area contributed by atoms with Crippen molar-refractivity contribution in [1.82, 2.24) is 25.1 Å². The number of nitrogens with one attached hydrogen (secondary N) is 2. The first-order chi connectivity index (χ1) is 11.3. The Morgan fingerprint density at radius 1 is 1.33 bits per heavy atom. The summed E-state index contributed by atoms with van der Waals surface area (Å²) in [6, 6.07) is 0.489. The second kappa shape index (κ2) is 6.39. The number of anilines is 1. The van der Waals surface area contributed by atoms with Gasteiger partial charge in [0.05, 0.1) is 11.9 Å². The number of hydrogen-bond acceptors (Lipinski definition) is 5. The highest BCUT2D eigenvalue weighted by Crippen LogP contribution is 2.36. The van der Waals surface area contributed by atoms with Crippen molar-refractivity contribution in [1.29, 1.82) is 0 Å². The summed E-state index contributed by atoms with van der Waals surface area (Å²) in [5.41, 5.74) is -0.705. The van der Waals surface area contributed by atoms with E-state index in [1.54, 1.807) is 7.05 Å². The van der Waals surface area contributed by atoms with Gasteiger partial charge in [-0.15, -0.1) is 0 Å². The second-order valence-corrected chi connectivity index (χ2v) is 6.08. The molecule has 0 spiro atoms. The molecule has 0 aliphatic carbocycles. The van der Waals surface area contributed by atoms with Gasteiger partial charge in [-0.3, -0.25) is 4.68 Å². The largest absolute Gasteiger partial charge is 0.419 e. The Morgan fingerprint density at radius 3 is 2.75 bits per heavy atom. The van der Waals surface area contributed by atoms with Crippen LogP contribution >= 0.6 is 0 Å². The number of halogens is 3. The van der Waals surface area contributed by atoms with Gasteiger partial charge >= 0.3 is 6.18 Å². The van der Waals surface area contributed by atoms with Gasteiger partial charge in [-0.2, -0.15) is 18.3 Å². The lowest BCUT2D eigenvalue weighted by molar-refractivity contribution is -0.137. The third-order valence-corrected chi connectivity index (χ3v) is 4.03. The predicted octanol–water partition coefficient (Wildman–Crippen LogP) is 2.45. The summed E-state index contributed by atoms with van der Waals surface area (Å²) < 4.78 is 41.2.